The highest BCUT2D eigenvalue weighted by Crippen LogP contribution is 2.14. The minimum absolute atomic E-state index is 0.137. The van der Waals surface area contributed by atoms with Gasteiger partial charge in [-0.05, 0) is 36.9 Å². The van der Waals surface area contributed by atoms with E-state index in [1.807, 2.05) is 24.3 Å². The molecule has 0 fully saturated rings. The van der Waals surface area contributed by atoms with Gasteiger partial charge in [-0.15, -0.1) is 6.58 Å². The molecule has 0 heterocycles. The molecule has 1 unspecified atom stereocenters. The third-order valence-corrected chi connectivity index (χ3v) is 3.88. The fraction of sp³-hybridized carbons (Fsp3) is 0.250. The van der Waals surface area contributed by atoms with Crippen LogP contribution in [0.5, 0.6) is 0 Å². The van der Waals surface area contributed by atoms with Crippen LogP contribution in [-0.2, 0) is 0 Å². The van der Waals surface area contributed by atoms with Crippen LogP contribution in [-0.4, -0.2) is 45.8 Å². The van der Waals surface area contributed by atoms with Crippen molar-refractivity contribution in [2.45, 2.75) is 13.0 Å². The highest BCUT2D eigenvalue weighted by atomic mass is 32.1. The Morgan fingerprint density at radius 2 is 1.56 bits per heavy atom. The van der Waals surface area contributed by atoms with Gasteiger partial charge < -0.3 is 17.2 Å². The van der Waals surface area contributed by atoms with Crippen molar-refractivity contribution in [3.63, 3.8) is 0 Å². The van der Waals surface area contributed by atoms with E-state index in [1.165, 1.54) is 10.0 Å². The van der Waals surface area contributed by atoms with Crippen LogP contribution < -0.4 is 17.2 Å². The number of rotatable bonds is 6. The summed E-state index contributed by atoms with van der Waals surface area (Å²) in [4.78, 5) is 0. The number of benzene rings is 1. The Morgan fingerprint density at radius 3 is 2.00 bits per heavy atom. The van der Waals surface area contributed by atoms with Gasteiger partial charge in [-0.25, -0.2) is 10.0 Å². The topological polar surface area (TPSA) is 109 Å². The second kappa shape index (κ2) is 9.21. The lowest BCUT2D eigenvalue weighted by Gasteiger charge is -2.17. The SMILES string of the molecule is C=CC(N)c1ccc(C(=NN(C)C(N)=S)C(C)=NN(C)C(N)=S)cc1. The number of hydrogen-bond acceptors (Lipinski definition) is 5. The number of hydrogen-bond donors (Lipinski definition) is 3. The number of nitrogens with two attached hydrogens (primary N) is 3. The number of hydrazone groups is 2. The molecule has 1 aromatic carbocycles. The molecule has 9 heteroatoms. The average molecular weight is 378 g/mol. The normalized spacial score (nSPS) is 13.1. The zero-order chi connectivity index (χ0) is 19.1. The first kappa shape index (κ1) is 20.7. The Morgan fingerprint density at radius 1 is 1.08 bits per heavy atom. The van der Waals surface area contributed by atoms with Gasteiger partial charge in [0.25, 0.3) is 0 Å². The molecule has 0 aliphatic heterocycles. The maximum Gasteiger partial charge on any atom is 0.186 e. The lowest BCUT2D eigenvalue weighted by atomic mass is 10.0. The Balaban J connectivity index is 3.34. The van der Waals surface area contributed by atoms with Gasteiger partial charge in [0, 0.05) is 25.7 Å². The molecule has 0 amide bonds. The van der Waals surface area contributed by atoms with Gasteiger partial charge in [0.2, 0.25) is 0 Å². The fourth-order valence-corrected chi connectivity index (χ4v) is 1.94. The average Bonchev–Trinajstić information content (AvgIpc) is 2.58. The summed E-state index contributed by atoms with van der Waals surface area (Å²) in [6.07, 6.45) is 1.68. The van der Waals surface area contributed by atoms with Crippen molar-refractivity contribution in [2.24, 2.45) is 27.4 Å². The smallest absolute Gasteiger partial charge is 0.186 e. The van der Waals surface area contributed by atoms with Crippen molar-refractivity contribution < 1.29 is 0 Å². The fourth-order valence-electron chi connectivity index (χ4n) is 1.86. The van der Waals surface area contributed by atoms with Crippen molar-refractivity contribution in [1.29, 1.82) is 0 Å². The predicted molar refractivity (Wildman–Crippen MR) is 112 cm³/mol. The highest BCUT2D eigenvalue weighted by molar-refractivity contribution is 7.80. The van der Waals surface area contributed by atoms with Crippen molar-refractivity contribution in [2.75, 3.05) is 14.1 Å². The Kier molecular flexibility index (Phi) is 7.62. The lowest BCUT2D eigenvalue weighted by molar-refractivity contribution is 0.543. The van der Waals surface area contributed by atoms with Crippen LogP contribution in [0.4, 0.5) is 0 Å². The quantitative estimate of drug-likeness (QED) is 0.297. The molecular weight excluding hydrogens is 354 g/mol. The first-order chi connectivity index (χ1) is 11.7. The molecular formula is C16H23N7S2. The van der Waals surface area contributed by atoms with E-state index < -0.39 is 0 Å². The molecule has 0 aliphatic rings. The van der Waals surface area contributed by atoms with E-state index in [1.54, 1.807) is 27.1 Å². The van der Waals surface area contributed by atoms with Crippen LogP contribution in [0.2, 0.25) is 0 Å². The minimum Gasteiger partial charge on any atom is -0.375 e. The van der Waals surface area contributed by atoms with Gasteiger partial charge in [0.15, 0.2) is 10.2 Å². The number of nitrogens with zero attached hydrogens (tertiary/aromatic N) is 4. The summed E-state index contributed by atoms with van der Waals surface area (Å²) < 4.78 is 0. The van der Waals surface area contributed by atoms with Gasteiger partial charge >= 0.3 is 0 Å². The summed E-state index contributed by atoms with van der Waals surface area (Å²) in [6, 6.07) is 7.37. The van der Waals surface area contributed by atoms with E-state index in [0.717, 1.165) is 11.1 Å². The molecule has 134 valence electrons. The Hall–Kier alpha value is -2.36. The summed E-state index contributed by atoms with van der Waals surface area (Å²) in [5.41, 5.74) is 20.1. The van der Waals surface area contributed by atoms with Gasteiger partial charge in [-0.1, -0.05) is 30.3 Å². The van der Waals surface area contributed by atoms with E-state index >= 15 is 0 Å². The molecule has 6 N–H and O–H groups in total. The van der Waals surface area contributed by atoms with E-state index in [2.05, 4.69) is 16.8 Å². The second-order valence-corrected chi connectivity index (χ2v) is 6.08. The van der Waals surface area contributed by atoms with Gasteiger partial charge in [-0.3, -0.25) is 0 Å². The Bertz CT molecular complexity index is 710. The van der Waals surface area contributed by atoms with Gasteiger partial charge in [-0.2, -0.15) is 10.2 Å². The molecule has 1 aromatic rings. The van der Waals surface area contributed by atoms with E-state index in [4.69, 9.17) is 41.6 Å². The van der Waals surface area contributed by atoms with Crippen LogP contribution in [0, 0.1) is 0 Å². The molecule has 0 aliphatic carbocycles. The van der Waals surface area contributed by atoms with Crippen LogP contribution in [0.15, 0.2) is 47.1 Å². The third kappa shape index (κ3) is 5.89. The molecule has 0 bridgehead atoms. The van der Waals surface area contributed by atoms with E-state index in [9.17, 15) is 0 Å². The zero-order valence-corrected chi connectivity index (χ0v) is 16.1. The summed E-state index contributed by atoms with van der Waals surface area (Å²) in [7, 11) is 3.32. The molecule has 1 atom stereocenters. The Labute approximate surface area is 158 Å². The molecule has 0 spiro atoms. The first-order valence-electron chi connectivity index (χ1n) is 7.36. The summed E-state index contributed by atoms with van der Waals surface area (Å²) in [5.74, 6) is 0. The predicted octanol–water partition coefficient (Wildman–Crippen LogP) is 1.30. The largest absolute Gasteiger partial charge is 0.375 e. The van der Waals surface area contributed by atoms with Crippen molar-refractivity contribution in [3.8, 4) is 0 Å². The molecule has 25 heavy (non-hydrogen) atoms. The molecule has 0 saturated heterocycles. The molecule has 0 radical (unpaired) electrons. The number of thiocarbonyl (C=S) groups is 2. The monoisotopic (exact) mass is 377 g/mol. The molecule has 0 aromatic heterocycles. The van der Waals surface area contributed by atoms with E-state index in [-0.39, 0.29) is 16.3 Å². The van der Waals surface area contributed by atoms with Crippen LogP contribution in [0.3, 0.4) is 0 Å². The lowest BCUT2D eigenvalue weighted by Crippen LogP contribution is -2.32. The summed E-state index contributed by atoms with van der Waals surface area (Å²) >= 11 is 9.86. The standard InChI is InChI=1S/C16H23N7S2/c1-5-13(17)11-6-8-12(9-7-11)14(21-23(4)16(19)25)10(2)20-22(3)15(18)24/h5-9,13H,1,17H2,2-4H3,(H2,18,24)(H2,19,25). The van der Waals surface area contributed by atoms with Crippen molar-refractivity contribution in [1.82, 2.24) is 10.0 Å². The maximum atomic E-state index is 5.95. The molecule has 7 nitrogen and oxygen atoms in total. The molecule has 1 rings (SSSR count). The van der Waals surface area contributed by atoms with Crippen LogP contribution in [0.25, 0.3) is 0 Å². The minimum atomic E-state index is -0.232. The maximum absolute atomic E-state index is 5.95. The van der Waals surface area contributed by atoms with Crippen molar-refractivity contribution >= 4 is 46.1 Å². The van der Waals surface area contributed by atoms with Crippen LogP contribution in [0.1, 0.15) is 24.1 Å². The molecule has 0 saturated carbocycles. The zero-order valence-electron chi connectivity index (χ0n) is 14.5. The van der Waals surface area contributed by atoms with Gasteiger partial charge in [0.05, 0.1) is 5.71 Å². The van der Waals surface area contributed by atoms with E-state index in [0.29, 0.717) is 11.4 Å². The highest BCUT2D eigenvalue weighted by Gasteiger charge is 2.13. The van der Waals surface area contributed by atoms with Crippen molar-refractivity contribution in [3.05, 3.63) is 48.0 Å². The summed E-state index contributed by atoms with van der Waals surface area (Å²) in [6.45, 7) is 5.49. The second-order valence-electron chi connectivity index (χ2n) is 5.24. The van der Waals surface area contributed by atoms with Gasteiger partial charge in [0.1, 0.15) is 5.71 Å². The third-order valence-electron chi connectivity index (χ3n) is 3.35. The first-order valence-corrected chi connectivity index (χ1v) is 8.18. The van der Waals surface area contributed by atoms with Crippen LogP contribution >= 0.6 is 24.4 Å². The summed E-state index contributed by atoms with van der Waals surface area (Å²) in [5, 5.41) is 11.9.